The lowest BCUT2D eigenvalue weighted by molar-refractivity contribution is -0.0707. The summed E-state index contributed by atoms with van der Waals surface area (Å²) in [5.74, 6) is -1.48. The van der Waals surface area contributed by atoms with Gasteiger partial charge in [0.15, 0.2) is 0 Å². The fourth-order valence-corrected chi connectivity index (χ4v) is 3.95. The molecule has 2 amide bonds. The highest BCUT2D eigenvalue weighted by Gasteiger charge is 2.35. The van der Waals surface area contributed by atoms with E-state index in [4.69, 9.17) is 4.74 Å². The Morgan fingerprint density at radius 3 is 2.81 bits per heavy atom. The maximum absolute atomic E-state index is 14.4. The fourth-order valence-electron chi connectivity index (χ4n) is 3.63. The average molecular weight is 489 g/mol. The van der Waals surface area contributed by atoms with Gasteiger partial charge in [-0.2, -0.15) is 0 Å². The molecular formula is C22H22BrFN4O3. The first-order valence-corrected chi connectivity index (χ1v) is 10.6. The highest BCUT2D eigenvalue weighted by molar-refractivity contribution is 9.10. The van der Waals surface area contributed by atoms with Crippen molar-refractivity contribution in [3.05, 3.63) is 64.3 Å². The highest BCUT2D eigenvalue weighted by atomic mass is 79.9. The van der Waals surface area contributed by atoms with Crippen LogP contribution in [-0.2, 0) is 4.74 Å². The average Bonchev–Trinajstić information content (AvgIpc) is 3.30. The second-order valence-corrected chi connectivity index (χ2v) is 9.07. The molecule has 3 heterocycles. The summed E-state index contributed by atoms with van der Waals surface area (Å²) in [5.41, 5.74) is 0.714. The van der Waals surface area contributed by atoms with Crippen LogP contribution in [0.2, 0.25) is 0 Å². The molecule has 1 aliphatic rings. The number of benzene rings is 1. The summed E-state index contributed by atoms with van der Waals surface area (Å²) < 4.78 is 22.8. The summed E-state index contributed by atoms with van der Waals surface area (Å²) in [6, 6.07) is 7.44. The highest BCUT2D eigenvalue weighted by Crippen LogP contribution is 2.31. The number of carbonyl (C=O) groups is 2. The smallest absolute Gasteiger partial charge is 0.274 e. The van der Waals surface area contributed by atoms with Crippen molar-refractivity contribution in [3.8, 4) is 0 Å². The number of hydrogen-bond donors (Lipinski definition) is 1. The number of pyridine rings is 1. The van der Waals surface area contributed by atoms with Gasteiger partial charge in [0.1, 0.15) is 23.4 Å². The van der Waals surface area contributed by atoms with E-state index < -0.39 is 11.7 Å². The van der Waals surface area contributed by atoms with E-state index in [0.29, 0.717) is 5.65 Å². The van der Waals surface area contributed by atoms with Crippen LogP contribution >= 0.6 is 15.9 Å². The zero-order valence-electron chi connectivity index (χ0n) is 17.4. The third-order valence-electron chi connectivity index (χ3n) is 5.37. The van der Waals surface area contributed by atoms with E-state index in [1.807, 2.05) is 13.8 Å². The molecule has 4 rings (SSSR count). The first kappa shape index (κ1) is 21.5. The molecule has 31 heavy (non-hydrogen) atoms. The monoisotopic (exact) mass is 488 g/mol. The van der Waals surface area contributed by atoms with Crippen LogP contribution < -0.4 is 5.32 Å². The molecule has 162 valence electrons. The summed E-state index contributed by atoms with van der Waals surface area (Å²) in [4.78, 5) is 31.4. The van der Waals surface area contributed by atoms with Crippen molar-refractivity contribution in [2.45, 2.75) is 38.5 Å². The summed E-state index contributed by atoms with van der Waals surface area (Å²) in [5, 5.41) is 2.55. The quantitative estimate of drug-likeness (QED) is 0.587. The van der Waals surface area contributed by atoms with Crippen LogP contribution in [0, 0.1) is 5.82 Å². The standard InChI is InChI=1S/C22H22BrFN4O3/c1-22(2)8-6-19(31-22)27(3)21(30)13-4-5-15(24)16(10-13)26-20(29)17-12-25-18-11-14(23)7-9-28(17)18/h4-5,7,9-12,19H,6,8H2,1-3H3,(H,26,29). The number of amides is 2. The zero-order chi connectivity index (χ0) is 22.3. The Labute approximate surface area is 187 Å². The number of aromatic nitrogens is 2. The molecule has 1 atom stereocenters. The number of hydrogen-bond acceptors (Lipinski definition) is 4. The van der Waals surface area contributed by atoms with E-state index in [1.54, 1.807) is 29.8 Å². The van der Waals surface area contributed by atoms with Crippen LogP contribution in [-0.4, -0.2) is 45.0 Å². The predicted molar refractivity (Wildman–Crippen MR) is 118 cm³/mol. The maximum Gasteiger partial charge on any atom is 0.274 e. The minimum atomic E-state index is -0.637. The minimum absolute atomic E-state index is 0.0796. The number of fused-ring (bicyclic) bond motifs is 1. The van der Waals surface area contributed by atoms with Crippen LogP contribution in [0.1, 0.15) is 47.5 Å². The Kier molecular flexibility index (Phi) is 5.57. The lowest BCUT2D eigenvalue weighted by Gasteiger charge is -2.27. The Balaban J connectivity index is 1.55. The van der Waals surface area contributed by atoms with Gasteiger partial charge >= 0.3 is 0 Å². The molecular weight excluding hydrogens is 467 g/mol. The van der Waals surface area contributed by atoms with Gasteiger partial charge in [-0.1, -0.05) is 15.9 Å². The van der Waals surface area contributed by atoms with Crippen molar-refractivity contribution in [2.24, 2.45) is 0 Å². The molecule has 1 aliphatic heterocycles. The van der Waals surface area contributed by atoms with Gasteiger partial charge < -0.3 is 15.0 Å². The van der Waals surface area contributed by atoms with Gasteiger partial charge in [-0.3, -0.25) is 14.0 Å². The Morgan fingerprint density at radius 1 is 1.32 bits per heavy atom. The molecule has 3 aromatic rings. The SMILES string of the molecule is CN(C(=O)c1ccc(F)c(NC(=O)c2cnc3cc(Br)ccn23)c1)C1CCC(C)(C)O1. The lowest BCUT2D eigenvalue weighted by Crippen LogP contribution is -2.38. The van der Waals surface area contributed by atoms with Gasteiger partial charge in [-0.05, 0) is 57.0 Å². The zero-order valence-corrected chi connectivity index (χ0v) is 18.9. The largest absolute Gasteiger partial charge is 0.352 e. The minimum Gasteiger partial charge on any atom is -0.352 e. The van der Waals surface area contributed by atoms with Crippen LogP contribution in [0.25, 0.3) is 5.65 Å². The molecule has 0 radical (unpaired) electrons. The topological polar surface area (TPSA) is 75.9 Å². The second-order valence-electron chi connectivity index (χ2n) is 8.15. The molecule has 0 saturated carbocycles. The predicted octanol–water partition coefficient (Wildman–Crippen LogP) is 4.48. The number of ether oxygens (including phenoxy) is 1. The number of anilines is 1. The number of halogens is 2. The Hall–Kier alpha value is -2.78. The lowest BCUT2D eigenvalue weighted by atomic mass is 10.1. The van der Waals surface area contributed by atoms with E-state index in [2.05, 4.69) is 26.2 Å². The van der Waals surface area contributed by atoms with Gasteiger partial charge in [0.2, 0.25) is 0 Å². The number of nitrogens with zero attached hydrogens (tertiary/aromatic N) is 3. The van der Waals surface area contributed by atoms with Crippen molar-refractivity contribution in [1.29, 1.82) is 0 Å². The maximum atomic E-state index is 14.4. The third kappa shape index (κ3) is 4.33. The molecule has 0 bridgehead atoms. The van der Waals surface area contributed by atoms with E-state index in [1.165, 1.54) is 29.3 Å². The van der Waals surface area contributed by atoms with Crippen LogP contribution in [0.5, 0.6) is 0 Å². The molecule has 7 nitrogen and oxygen atoms in total. The van der Waals surface area contributed by atoms with E-state index in [9.17, 15) is 14.0 Å². The van der Waals surface area contributed by atoms with Crippen molar-refractivity contribution < 1.29 is 18.7 Å². The summed E-state index contributed by atoms with van der Waals surface area (Å²) in [7, 11) is 1.66. The van der Waals surface area contributed by atoms with Gasteiger partial charge in [-0.15, -0.1) is 0 Å². The molecule has 0 spiro atoms. The van der Waals surface area contributed by atoms with Crippen molar-refractivity contribution >= 4 is 39.1 Å². The molecule has 1 saturated heterocycles. The van der Waals surface area contributed by atoms with E-state index in [-0.39, 0.29) is 34.7 Å². The molecule has 9 heteroatoms. The van der Waals surface area contributed by atoms with Gasteiger partial charge in [0.05, 0.1) is 17.5 Å². The molecule has 0 aliphatic carbocycles. The van der Waals surface area contributed by atoms with Crippen molar-refractivity contribution in [3.63, 3.8) is 0 Å². The number of rotatable bonds is 4. The Morgan fingerprint density at radius 2 is 2.10 bits per heavy atom. The Bertz CT molecular complexity index is 1180. The molecule has 1 aromatic carbocycles. The van der Waals surface area contributed by atoms with E-state index >= 15 is 0 Å². The third-order valence-corrected chi connectivity index (χ3v) is 5.86. The van der Waals surface area contributed by atoms with Gasteiger partial charge in [0, 0.05) is 23.3 Å². The summed E-state index contributed by atoms with van der Waals surface area (Å²) >= 11 is 3.36. The summed E-state index contributed by atoms with van der Waals surface area (Å²) in [6.07, 6.45) is 4.33. The molecule has 1 fully saturated rings. The van der Waals surface area contributed by atoms with Crippen molar-refractivity contribution in [2.75, 3.05) is 12.4 Å². The fraction of sp³-hybridized carbons (Fsp3) is 0.318. The number of imidazole rings is 1. The first-order chi connectivity index (χ1) is 14.6. The normalized spacial score (nSPS) is 17.6. The van der Waals surface area contributed by atoms with Crippen LogP contribution in [0.4, 0.5) is 10.1 Å². The first-order valence-electron chi connectivity index (χ1n) is 9.83. The summed E-state index contributed by atoms with van der Waals surface area (Å²) in [6.45, 7) is 3.96. The molecule has 2 aromatic heterocycles. The molecule has 1 unspecified atom stereocenters. The van der Waals surface area contributed by atoms with Crippen LogP contribution in [0.15, 0.2) is 47.2 Å². The number of nitrogens with one attached hydrogen (secondary N) is 1. The molecule has 1 N–H and O–H groups in total. The van der Waals surface area contributed by atoms with Crippen LogP contribution in [0.3, 0.4) is 0 Å². The van der Waals surface area contributed by atoms with Crippen molar-refractivity contribution in [1.82, 2.24) is 14.3 Å². The van der Waals surface area contributed by atoms with Gasteiger partial charge in [0.25, 0.3) is 11.8 Å². The number of carbonyl (C=O) groups excluding carboxylic acids is 2. The second kappa shape index (κ2) is 8.05. The van der Waals surface area contributed by atoms with Gasteiger partial charge in [-0.25, -0.2) is 9.37 Å². The van der Waals surface area contributed by atoms with E-state index in [0.717, 1.165) is 17.3 Å².